The fourth-order valence-corrected chi connectivity index (χ4v) is 15.2. The number of rotatable bonds is 9. The summed E-state index contributed by atoms with van der Waals surface area (Å²) in [6, 6.07) is 20.4. The summed E-state index contributed by atoms with van der Waals surface area (Å²) in [5.41, 5.74) is -0.369. The van der Waals surface area contributed by atoms with Crippen molar-refractivity contribution in [2.45, 2.75) is 99.5 Å². The highest BCUT2D eigenvalue weighted by Gasteiger charge is 2.80. The van der Waals surface area contributed by atoms with Crippen molar-refractivity contribution < 1.29 is 43.2 Å². The second-order valence-corrected chi connectivity index (χ2v) is 21.1. The highest BCUT2D eigenvalue weighted by Crippen LogP contribution is 2.68. The molecule has 2 aromatic heterocycles. The van der Waals surface area contributed by atoms with Crippen molar-refractivity contribution in [1.82, 2.24) is 25.1 Å². The van der Waals surface area contributed by atoms with E-state index in [1.807, 2.05) is 73.5 Å². The topological polar surface area (TPSA) is 176 Å². The Labute approximate surface area is 413 Å². The Morgan fingerprint density at radius 1 is 0.915 bits per heavy atom. The molecule has 71 heavy (non-hydrogen) atoms. The van der Waals surface area contributed by atoms with Crippen LogP contribution in [-0.2, 0) is 45.8 Å². The zero-order valence-corrected chi connectivity index (χ0v) is 41.7. The maximum atomic E-state index is 15.8. The molecule has 5 aliphatic heterocycles. The van der Waals surface area contributed by atoms with E-state index in [1.54, 1.807) is 13.3 Å². The van der Waals surface area contributed by atoms with Gasteiger partial charge in [-0.05, 0) is 92.4 Å². The summed E-state index contributed by atoms with van der Waals surface area (Å²) in [5, 5.41) is 19.0. The minimum atomic E-state index is -2.34. The van der Waals surface area contributed by atoms with Gasteiger partial charge in [0.05, 0.1) is 38.4 Å². The summed E-state index contributed by atoms with van der Waals surface area (Å²) in [7, 11) is 6.17. The van der Waals surface area contributed by atoms with Crippen LogP contribution >= 0.6 is 0 Å². The Bertz CT molecular complexity index is 3050. The average molecular weight is 965 g/mol. The molecule has 1 saturated carbocycles. The lowest BCUT2D eigenvalue weighted by atomic mass is 9.47. The molecule has 372 valence electrons. The highest BCUT2D eigenvalue weighted by molar-refractivity contribution is 5.98. The Kier molecular flexibility index (Phi) is 11.2. The number of methoxy groups -OCH3 is 3. The van der Waals surface area contributed by atoms with Crippen LogP contribution in [0.4, 0.5) is 5.69 Å². The van der Waals surface area contributed by atoms with Gasteiger partial charge in [0, 0.05) is 108 Å². The van der Waals surface area contributed by atoms with Gasteiger partial charge in [-0.15, -0.1) is 0 Å². The molecule has 3 fully saturated rings. The number of aliphatic hydroxyl groups is 1. The number of ether oxygens (including phenoxy) is 4. The van der Waals surface area contributed by atoms with Crippen molar-refractivity contribution in [3.05, 3.63) is 113 Å². The first kappa shape index (κ1) is 47.1. The van der Waals surface area contributed by atoms with E-state index in [0.717, 1.165) is 44.3 Å². The molecule has 6 aliphatic rings. The molecule has 15 heteroatoms. The van der Waals surface area contributed by atoms with E-state index in [4.69, 9.17) is 18.9 Å². The highest BCUT2D eigenvalue weighted by atomic mass is 16.6. The number of anilines is 1. The lowest BCUT2D eigenvalue weighted by Gasteiger charge is -2.63. The molecule has 5 aromatic rings. The first-order valence-electron chi connectivity index (χ1n) is 25.1. The molecule has 3 aromatic carbocycles. The zero-order valence-electron chi connectivity index (χ0n) is 41.7. The minimum absolute atomic E-state index is 0.146. The van der Waals surface area contributed by atoms with Crippen LogP contribution in [0.2, 0.25) is 0 Å². The van der Waals surface area contributed by atoms with Crippen molar-refractivity contribution in [3.8, 4) is 5.75 Å². The maximum absolute atomic E-state index is 15.8. The van der Waals surface area contributed by atoms with Crippen LogP contribution in [0, 0.1) is 11.3 Å². The third-order valence-corrected chi connectivity index (χ3v) is 17.9. The molecule has 10 atom stereocenters. The molecule has 7 heterocycles. The molecule has 11 rings (SSSR count). The van der Waals surface area contributed by atoms with Gasteiger partial charge in [0.15, 0.2) is 6.10 Å². The Hall–Kier alpha value is -6.29. The quantitative estimate of drug-likeness (QED) is 0.0896. The third-order valence-electron chi connectivity index (χ3n) is 17.9. The zero-order chi connectivity index (χ0) is 49.8. The number of fused-ring (bicyclic) bond motifs is 7. The second kappa shape index (κ2) is 16.9. The predicted molar refractivity (Wildman–Crippen MR) is 267 cm³/mol. The molecule has 1 spiro atoms. The van der Waals surface area contributed by atoms with Crippen LogP contribution < -0.4 is 15.0 Å². The number of hydrogen-bond donors (Lipinski definition) is 3. The number of piperidine rings is 1. The van der Waals surface area contributed by atoms with Crippen molar-refractivity contribution >= 4 is 51.3 Å². The monoisotopic (exact) mass is 964 g/mol. The first-order chi connectivity index (χ1) is 34.2. The van der Waals surface area contributed by atoms with Crippen LogP contribution in [0.5, 0.6) is 5.75 Å². The van der Waals surface area contributed by atoms with E-state index in [9.17, 15) is 19.5 Å². The summed E-state index contributed by atoms with van der Waals surface area (Å²) >= 11 is 0. The molecule has 1 unspecified atom stereocenters. The number of para-hydroxylation sites is 1. The van der Waals surface area contributed by atoms with Gasteiger partial charge in [0.2, 0.25) is 5.60 Å². The van der Waals surface area contributed by atoms with Gasteiger partial charge in [0.25, 0.3) is 5.91 Å². The molecular formula is C56H64N6O9. The van der Waals surface area contributed by atoms with Gasteiger partial charge in [-0.25, -0.2) is 4.79 Å². The fourth-order valence-electron chi connectivity index (χ4n) is 15.2. The van der Waals surface area contributed by atoms with E-state index in [0.29, 0.717) is 88.1 Å². The number of carbonyl (C=O) groups is 4. The minimum Gasteiger partial charge on any atom is -0.496 e. The van der Waals surface area contributed by atoms with Gasteiger partial charge in [-0.3, -0.25) is 24.3 Å². The van der Waals surface area contributed by atoms with E-state index in [2.05, 4.69) is 56.3 Å². The number of aromatic amines is 1. The van der Waals surface area contributed by atoms with Crippen molar-refractivity contribution in [3.63, 3.8) is 0 Å². The summed E-state index contributed by atoms with van der Waals surface area (Å²) in [4.78, 5) is 73.1. The molecule has 0 radical (unpaired) electrons. The van der Waals surface area contributed by atoms with Crippen LogP contribution in [0.3, 0.4) is 0 Å². The van der Waals surface area contributed by atoms with Crippen molar-refractivity contribution in [2.75, 3.05) is 66.0 Å². The van der Waals surface area contributed by atoms with E-state index in [1.165, 1.54) is 21.1 Å². The average Bonchev–Trinajstić information content (AvgIpc) is 4.05. The molecule has 15 nitrogen and oxygen atoms in total. The van der Waals surface area contributed by atoms with E-state index in [-0.39, 0.29) is 17.9 Å². The van der Waals surface area contributed by atoms with Crippen LogP contribution in [0.25, 0.3) is 21.8 Å². The number of carbonyl (C=O) groups excluding carboxylic acids is 4. The summed E-state index contributed by atoms with van der Waals surface area (Å²) in [5.74, 6) is -1.85. The summed E-state index contributed by atoms with van der Waals surface area (Å²) in [6.07, 6.45) is 7.67. The molecule has 1 aliphatic carbocycles. The van der Waals surface area contributed by atoms with Gasteiger partial charge >= 0.3 is 17.9 Å². The number of amides is 1. The van der Waals surface area contributed by atoms with Gasteiger partial charge in [0.1, 0.15) is 11.2 Å². The maximum Gasteiger partial charge on any atom is 0.344 e. The van der Waals surface area contributed by atoms with Crippen molar-refractivity contribution in [1.29, 1.82) is 0 Å². The lowest BCUT2D eigenvalue weighted by Crippen LogP contribution is -2.81. The Balaban J connectivity index is 1.12. The second-order valence-electron chi connectivity index (χ2n) is 21.1. The molecule has 1 amide bonds. The Morgan fingerprint density at radius 2 is 1.72 bits per heavy atom. The number of esters is 3. The van der Waals surface area contributed by atoms with Crippen LogP contribution in [-0.4, -0.2) is 139 Å². The summed E-state index contributed by atoms with van der Waals surface area (Å²) in [6.45, 7) is 8.68. The smallest absolute Gasteiger partial charge is 0.344 e. The lowest BCUT2D eigenvalue weighted by molar-refractivity contribution is -0.228. The fraction of sp³-hybridized carbons (Fsp3) is 0.482. The number of likely N-dealkylation sites (N-methyl/N-ethyl adjacent to an activating group) is 1. The first-order valence-corrected chi connectivity index (χ1v) is 25.1. The molecule has 2 bridgehead atoms. The van der Waals surface area contributed by atoms with Gasteiger partial charge < -0.3 is 44.2 Å². The number of benzene rings is 3. The third kappa shape index (κ3) is 6.53. The number of H-pyrrole nitrogens is 1. The number of nitrogens with zero attached hydrogens (tertiary/aromatic N) is 4. The molecular weight excluding hydrogens is 901 g/mol. The SMILES string of the molecule is CC[C@]1(NC(=O)c2ccc3cccnc3c2)C[C@H]2CN(CCc3c([nH]c4ccccc34)[C@@](C(=O)OC)(c3cc4c(cc3OC)N(C)[C@H]3[C@@](O)(C(=O)OC)[C@H](OC(C)=O)[C@]5(CC)C=CCN6CC[C@]43[C@@H]65)C2)C1. The largest absolute Gasteiger partial charge is 0.496 e. The number of aromatic nitrogens is 2. The number of nitrogens with one attached hydrogen (secondary N) is 2. The number of pyridine rings is 1. The standard InChI is InChI=1S/C56H64N6O9/c1-8-52(59-46(64)36-18-17-35-14-12-22-57-42(35)26-36)29-34-30-55(50(65)69-6,45-38(19-24-61(31-34)32-52)37-15-10-11-16-41(37)58-45)40-27-39-43(28-44(40)68-5)60(4)48-54(39)21-25-62-23-13-20-53(9-2,47(54)62)49(71-33(3)63)56(48,67)51(66)70-7/h10-18,20,22,26-28,34,47-49,58,67H,8-9,19,21,23-25,29-32H2,1-7H3,(H,59,64)/t34-,47+,48-,49-,52+,53-,54-,55+,56+/m1/s1. The summed E-state index contributed by atoms with van der Waals surface area (Å²) < 4.78 is 24.3. The van der Waals surface area contributed by atoms with Crippen LogP contribution in [0.1, 0.15) is 85.6 Å². The predicted octanol–water partition coefficient (Wildman–Crippen LogP) is 5.98. The van der Waals surface area contributed by atoms with Gasteiger partial charge in [-0.2, -0.15) is 0 Å². The molecule has 2 saturated heterocycles. The van der Waals surface area contributed by atoms with E-state index < -0.39 is 57.4 Å². The van der Waals surface area contributed by atoms with Crippen molar-refractivity contribution in [2.24, 2.45) is 11.3 Å². The van der Waals surface area contributed by atoms with E-state index >= 15 is 4.79 Å². The number of hydrogen-bond acceptors (Lipinski definition) is 13. The van der Waals surface area contributed by atoms with Gasteiger partial charge in [-0.1, -0.05) is 56.3 Å². The normalized spacial score (nSPS) is 32.6. The molecule has 3 N–H and O–H groups in total. The van der Waals surface area contributed by atoms with Crippen LogP contribution in [0.15, 0.2) is 85.1 Å². The Morgan fingerprint density at radius 3 is 2.46 bits per heavy atom.